The Morgan fingerprint density at radius 2 is 1.87 bits per heavy atom. The van der Waals surface area contributed by atoms with Gasteiger partial charge in [0, 0.05) is 47.2 Å². The van der Waals surface area contributed by atoms with Crippen molar-refractivity contribution in [3.63, 3.8) is 0 Å². The van der Waals surface area contributed by atoms with Crippen LogP contribution in [-0.4, -0.2) is 47.9 Å². The van der Waals surface area contributed by atoms with Crippen molar-refractivity contribution >= 4 is 17.2 Å². The maximum absolute atomic E-state index is 13.1. The van der Waals surface area contributed by atoms with Gasteiger partial charge in [-0.25, -0.2) is 4.98 Å². The van der Waals surface area contributed by atoms with Crippen molar-refractivity contribution in [1.82, 2.24) is 20.4 Å². The summed E-state index contributed by atoms with van der Waals surface area (Å²) in [4.78, 5) is 21.4. The molecule has 8 nitrogen and oxygen atoms in total. The summed E-state index contributed by atoms with van der Waals surface area (Å²) in [5, 5.41) is 9.30. The molecule has 0 spiro atoms. The van der Waals surface area contributed by atoms with Gasteiger partial charge in [0.25, 0.3) is 5.91 Å². The van der Waals surface area contributed by atoms with E-state index in [1.807, 2.05) is 29.6 Å². The van der Waals surface area contributed by atoms with Crippen LogP contribution in [0.3, 0.4) is 0 Å². The van der Waals surface area contributed by atoms with E-state index in [0.717, 1.165) is 22.0 Å². The minimum Gasteiger partial charge on any atom is -0.497 e. The molecule has 0 bridgehead atoms. The quantitative estimate of drug-likeness (QED) is 0.334. The molecular weight excluding hydrogens is 521 g/mol. The molecular formula is C26H23F3N4O4S. The minimum atomic E-state index is -4.75. The summed E-state index contributed by atoms with van der Waals surface area (Å²) in [6.45, 7) is 1.42. The van der Waals surface area contributed by atoms with Crippen LogP contribution in [0.1, 0.15) is 34.1 Å². The number of aromatic nitrogens is 3. The van der Waals surface area contributed by atoms with Crippen molar-refractivity contribution < 1.29 is 32.0 Å². The highest BCUT2D eigenvalue weighted by molar-refractivity contribution is 7.10. The summed E-state index contributed by atoms with van der Waals surface area (Å²) in [5.74, 6) is -1.30. The molecule has 2 aromatic carbocycles. The number of nitrogens with zero attached hydrogens (tertiary/aromatic N) is 3. The highest BCUT2D eigenvalue weighted by Gasteiger charge is 2.39. The van der Waals surface area contributed by atoms with Crippen molar-refractivity contribution in [1.29, 1.82) is 0 Å². The number of alkyl halides is 3. The Morgan fingerprint density at radius 1 is 1.11 bits per heavy atom. The fraction of sp³-hybridized carbons (Fsp3) is 0.308. The normalized spacial score (nSPS) is 15.3. The lowest BCUT2D eigenvalue weighted by molar-refractivity contribution is -0.159. The lowest BCUT2D eigenvalue weighted by Gasteiger charge is -2.35. The van der Waals surface area contributed by atoms with Crippen molar-refractivity contribution in [2.45, 2.75) is 24.4 Å². The Bertz CT molecular complexity index is 1410. The molecule has 2 aromatic heterocycles. The van der Waals surface area contributed by atoms with E-state index in [-0.39, 0.29) is 22.9 Å². The third-order valence-electron chi connectivity index (χ3n) is 6.43. The summed E-state index contributed by atoms with van der Waals surface area (Å²) < 4.78 is 53.6. The van der Waals surface area contributed by atoms with Gasteiger partial charge in [-0.3, -0.25) is 4.79 Å². The van der Waals surface area contributed by atoms with Crippen LogP contribution in [0.5, 0.6) is 5.75 Å². The first-order chi connectivity index (χ1) is 18.3. The first-order valence-corrected chi connectivity index (χ1v) is 12.6. The van der Waals surface area contributed by atoms with E-state index < -0.39 is 17.5 Å². The summed E-state index contributed by atoms with van der Waals surface area (Å²) in [7, 11) is 1.62. The number of thiazole rings is 1. The average molecular weight is 545 g/mol. The monoisotopic (exact) mass is 544 g/mol. The second kappa shape index (κ2) is 10.5. The number of carbonyl (C=O) groups is 1. The molecule has 1 fully saturated rings. The van der Waals surface area contributed by atoms with Crippen LogP contribution in [0.2, 0.25) is 0 Å². The number of hydrogen-bond acceptors (Lipinski definition) is 8. The lowest BCUT2D eigenvalue weighted by Crippen LogP contribution is -2.44. The summed E-state index contributed by atoms with van der Waals surface area (Å²) in [5.41, 5.74) is 1.90. The smallest absolute Gasteiger partial charge is 0.471 e. The number of methoxy groups -OCH3 is 1. The van der Waals surface area contributed by atoms with Crippen LogP contribution in [0, 0.1) is 0 Å². The van der Waals surface area contributed by atoms with Gasteiger partial charge in [0.05, 0.1) is 12.8 Å². The number of carbonyl (C=O) groups excluding carboxylic acids is 1. The second-order valence-corrected chi connectivity index (χ2v) is 9.70. The number of amides is 1. The summed E-state index contributed by atoms with van der Waals surface area (Å²) in [6.07, 6.45) is -3.38. The highest BCUT2D eigenvalue weighted by Crippen LogP contribution is 2.38. The van der Waals surface area contributed by atoms with Gasteiger partial charge < -0.3 is 19.3 Å². The molecule has 3 heterocycles. The number of nitrogens with one attached hydrogen (secondary N) is 1. The van der Waals surface area contributed by atoms with E-state index in [1.165, 1.54) is 12.1 Å². The van der Waals surface area contributed by atoms with Gasteiger partial charge in [-0.2, -0.15) is 18.2 Å². The van der Waals surface area contributed by atoms with E-state index in [4.69, 9.17) is 14.5 Å². The van der Waals surface area contributed by atoms with E-state index >= 15 is 0 Å². The molecule has 1 N–H and O–H groups in total. The van der Waals surface area contributed by atoms with Gasteiger partial charge in [0.2, 0.25) is 5.82 Å². The number of ether oxygens (including phenoxy) is 2. The Balaban J connectivity index is 1.33. The highest BCUT2D eigenvalue weighted by atomic mass is 32.1. The molecule has 38 heavy (non-hydrogen) atoms. The molecule has 0 aliphatic carbocycles. The fourth-order valence-electron chi connectivity index (χ4n) is 4.25. The van der Waals surface area contributed by atoms with E-state index in [2.05, 4.69) is 20.0 Å². The Morgan fingerprint density at radius 3 is 2.55 bits per heavy atom. The molecule has 0 saturated carbocycles. The van der Waals surface area contributed by atoms with E-state index in [9.17, 15) is 18.0 Å². The summed E-state index contributed by atoms with van der Waals surface area (Å²) in [6, 6.07) is 13.7. The Labute approximate surface area is 219 Å². The number of hydrogen-bond donors (Lipinski definition) is 1. The van der Waals surface area contributed by atoms with Crippen LogP contribution >= 0.6 is 11.3 Å². The van der Waals surface area contributed by atoms with Crippen LogP contribution < -0.4 is 10.1 Å². The van der Waals surface area contributed by atoms with Crippen LogP contribution in [-0.2, 0) is 16.3 Å². The summed E-state index contributed by atoms with van der Waals surface area (Å²) >= 11 is 1.54. The predicted octanol–water partition coefficient (Wildman–Crippen LogP) is 5.37. The predicted molar refractivity (Wildman–Crippen MR) is 133 cm³/mol. The molecule has 1 aliphatic rings. The van der Waals surface area contributed by atoms with Crippen molar-refractivity contribution in [2.24, 2.45) is 0 Å². The zero-order chi connectivity index (χ0) is 26.8. The van der Waals surface area contributed by atoms with E-state index in [0.29, 0.717) is 32.6 Å². The van der Waals surface area contributed by atoms with Crippen LogP contribution in [0.4, 0.5) is 13.2 Å². The van der Waals surface area contributed by atoms with Gasteiger partial charge in [-0.15, -0.1) is 11.3 Å². The van der Waals surface area contributed by atoms with Gasteiger partial charge in [-0.05, 0) is 49.2 Å². The maximum atomic E-state index is 13.1. The molecule has 198 valence electrons. The van der Waals surface area contributed by atoms with Crippen molar-refractivity contribution in [2.75, 3.05) is 26.9 Å². The van der Waals surface area contributed by atoms with Crippen molar-refractivity contribution in [3.05, 3.63) is 70.4 Å². The Kier molecular flexibility index (Phi) is 7.17. The van der Waals surface area contributed by atoms with Gasteiger partial charge in [0.15, 0.2) is 0 Å². The molecule has 1 saturated heterocycles. The van der Waals surface area contributed by atoms with Crippen molar-refractivity contribution in [3.8, 4) is 28.4 Å². The first kappa shape index (κ1) is 25.9. The average Bonchev–Trinajstić information content (AvgIpc) is 3.64. The van der Waals surface area contributed by atoms with Gasteiger partial charge in [0.1, 0.15) is 10.8 Å². The third-order valence-corrected chi connectivity index (χ3v) is 7.52. The largest absolute Gasteiger partial charge is 0.497 e. The number of rotatable bonds is 7. The van der Waals surface area contributed by atoms with E-state index in [1.54, 1.807) is 30.6 Å². The topological polar surface area (TPSA) is 99.4 Å². The first-order valence-electron chi connectivity index (χ1n) is 11.8. The van der Waals surface area contributed by atoms with Gasteiger partial charge >= 0.3 is 12.1 Å². The second-order valence-electron chi connectivity index (χ2n) is 8.84. The van der Waals surface area contributed by atoms with Gasteiger partial charge in [-0.1, -0.05) is 17.3 Å². The SMILES string of the molecule is COc1ccc(-c2csc(C3(CNC(=O)c4cccc(-c5noc(C(F)(F)F)n5)c4)CCOCC3)n2)cc1. The molecule has 4 aromatic rings. The molecule has 12 heteroatoms. The Hall–Kier alpha value is -3.77. The fourth-order valence-corrected chi connectivity index (χ4v) is 5.34. The number of halogens is 3. The molecule has 0 unspecified atom stereocenters. The molecule has 1 aliphatic heterocycles. The lowest BCUT2D eigenvalue weighted by atomic mass is 9.80. The zero-order valence-electron chi connectivity index (χ0n) is 20.2. The van der Waals surface area contributed by atoms with Crippen LogP contribution in [0.15, 0.2) is 58.4 Å². The third kappa shape index (κ3) is 5.41. The zero-order valence-corrected chi connectivity index (χ0v) is 21.1. The van der Waals surface area contributed by atoms with Crippen LogP contribution in [0.25, 0.3) is 22.6 Å². The minimum absolute atomic E-state index is 0.238. The molecule has 0 radical (unpaired) electrons. The maximum Gasteiger partial charge on any atom is 0.471 e. The molecule has 0 atom stereocenters. The molecule has 1 amide bonds. The molecule has 5 rings (SSSR count). The standard InChI is InChI=1S/C26H23F3N4O4S/c1-35-19-7-5-16(6-8-19)20-14-38-24(31-20)25(9-11-36-12-10-25)15-30-22(34)18-4-2-3-17(13-18)21-32-23(37-33-21)26(27,28)29/h2-8,13-14H,9-12,15H2,1H3,(H,30,34). The number of benzene rings is 2.